The van der Waals surface area contributed by atoms with Gasteiger partial charge in [0.15, 0.2) is 0 Å². The Kier molecular flexibility index (Phi) is 6.38. The van der Waals surface area contributed by atoms with Gasteiger partial charge in [0.2, 0.25) is 0 Å². The average Bonchev–Trinajstić information content (AvgIpc) is 2.30. The number of methoxy groups -OCH3 is 1. The Morgan fingerprint density at radius 2 is 2.38 bits per heavy atom. The van der Waals surface area contributed by atoms with E-state index in [1.54, 1.807) is 19.5 Å². The summed E-state index contributed by atoms with van der Waals surface area (Å²) in [5, 5.41) is 4.05. The summed E-state index contributed by atoms with van der Waals surface area (Å²) in [5.41, 5.74) is 1.15. The second kappa shape index (κ2) is 7.60. The number of nitrogens with zero attached hydrogens (tertiary/aromatic N) is 1. The third kappa shape index (κ3) is 4.47. The van der Waals surface area contributed by atoms with E-state index >= 15 is 0 Å². The lowest BCUT2D eigenvalue weighted by Crippen LogP contribution is -2.28. The summed E-state index contributed by atoms with van der Waals surface area (Å²) in [6, 6.07) is 2.42. The van der Waals surface area contributed by atoms with E-state index in [4.69, 9.17) is 16.3 Å². The predicted octanol–water partition coefficient (Wildman–Crippen LogP) is 2.29. The molecule has 0 aliphatic rings. The van der Waals surface area contributed by atoms with Crippen LogP contribution >= 0.6 is 11.6 Å². The minimum Gasteiger partial charge on any atom is -0.385 e. The minimum atomic E-state index is 0.440. The molecule has 0 aliphatic carbocycles. The fourth-order valence-corrected chi connectivity index (χ4v) is 1.85. The predicted molar refractivity (Wildman–Crippen MR) is 66.9 cm³/mol. The van der Waals surface area contributed by atoms with E-state index in [1.165, 1.54) is 0 Å². The zero-order valence-electron chi connectivity index (χ0n) is 9.87. The van der Waals surface area contributed by atoms with Gasteiger partial charge in [0, 0.05) is 32.2 Å². The largest absolute Gasteiger partial charge is 0.385 e. The number of ether oxygens (including phenoxy) is 1. The van der Waals surface area contributed by atoms with Crippen LogP contribution in [0.1, 0.15) is 18.4 Å². The Hall–Kier alpha value is -0.640. The van der Waals surface area contributed by atoms with Crippen LogP contribution in [0.15, 0.2) is 18.5 Å². The average molecular weight is 243 g/mol. The smallest absolute Gasteiger partial charge is 0.0621 e. The lowest BCUT2D eigenvalue weighted by Gasteiger charge is -2.16. The first-order chi connectivity index (χ1) is 7.77. The molecule has 0 aromatic carbocycles. The molecule has 90 valence electrons. The molecule has 0 saturated carbocycles. The van der Waals surface area contributed by atoms with Gasteiger partial charge in [0.25, 0.3) is 0 Å². The highest BCUT2D eigenvalue weighted by molar-refractivity contribution is 6.31. The maximum Gasteiger partial charge on any atom is 0.0621 e. The van der Waals surface area contributed by atoms with Crippen LogP contribution in [0, 0.1) is 0 Å². The van der Waals surface area contributed by atoms with Crippen LogP contribution in [-0.4, -0.2) is 31.8 Å². The number of halogens is 1. The van der Waals surface area contributed by atoms with E-state index in [1.807, 2.05) is 13.1 Å². The van der Waals surface area contributed by atoms with Crippen LogP contribution in [0.2, 0.25) is 5.02 Å². The summed E-state index contributed by atoms with van der Waals surface area (Å²) in [5.74, 6) is 0. The van der Waals surface area contributed by atoms with Crippen LogP contribution in [0.5, 0.6) is 0 Å². The molecule has 4 heteroatoms. The molecule has 0 aliphatic heterocycles. The number of pyridine rings is 1. The molecule has 0 spiro atoms. The number of hydrogen-bond donors (Lipinski definition) is 1. The highest BCUT2D eigenvalue weighted by Crippen LogP contribution is 2.16. The van der Waals surface area contributed by atoms with Crippen molar-refractivity contribution < 1.29 is 4.74 Å². The minimum absolute atomic E-state index is 0.440. The molecule has 0 saturated heterocycles. The van der Waals surface area contributed by atoms with Crippen LogP contribution in [0.25, 0.3) is 0 Å². The van der Waals surface area contributed by atoms with Crippen molar-refractivity contribution in [3.63, 3.8) is 0 Å². The monoisotopic (exact) mass is 242 g/mol. The molecule has 1 unspecified atom stereocenters. The Morgan fingerprint density at radius 3 is 3.00 bits per heavy atom. The van der Waals surface area contributed by atoms with Crippen molar-refractivity contribution in [2.24, 2.45) is 0 Å². The zero-order chi connectivity index (χ0) is 11.8. The lowest BCUT2D eigenvalue weighted by atomic mass is 10.0. The number of aromatic nitrogens is 1. The van der Waals surface area contributed by atoms with Gasteiger partial charge in [0.1, 0.15) is 0 Å². The number of nitrogens with one attached hydrogen (secondary N) is 1. The zero-order valence-corrected chi connectivity index (χ0v) is 10.6. The molecular formula is C12H19ClN2O. The molecule has 1 aromatic heterocycles. The van der Waals surface area contributed by atoms with Crippen molar-refractivity contribution in [3.8, 4) is 0 Å². The molecule has 0 fully saturated rings. The SMILES string of the molecule is CNC(CCCOC)Cc1ccncc1Cl. The van der Waals surface area contributed by atoms with Gasteiger partial charge in [0.05, 0.1) is 5.02 Å². The number of rotatable bonds is 7. The van der Waals surface area contributed by atoms with Gasteiger partial charge in [-0.1, -0.05) is 11.6 Å². The van der Waals surface area contributed by atoms with Crippen LogP contribution in [0.3, 0.4) is 0 Å². The second-order valence-corrected chi connectivity index (χ2v) is 4.20. The van der Waals surface area contributed by atoms with Crippen LogP contribution < -0.4 is 5.32 Å². The van der Waals surface area contributed by atoms with E-state index in [0.717, 1.165) is 36.5 Å². The van der Waals surface area contributed by atoms with E-state index in [0.29, 0.717) is 6.04 Å². The summed E-state index contributed by atoms with van der Waals surface area (Å²) in [6.07, 6.45) is 6.55. The second-order valence-electron chi connectivity index (χ2n) is 3.79. The lowest BCUT2D eigenvalue weighted by molar-refractivity contribution is 0.189. The normalized spacial score (nSPS) is 12.7. The summed E-state index contributed by atoms with van der Waals surface area (Å²) in [7, 11) is 3.71. The molecule has 1 heterocycles. The summed E-state index contributed by atoms with van der Waals surface area (Å²) in [4.78, 5) is 3.98. The van der Waals surface area contributed by atoms with Gasteiger partial charge in [-0.05, 0) is 37.9 Å². The quantitative estimate of drug-likeness (QED) is 0.745. The Labute approximate surface area is 102 Å². The fourth-order valence-electron chi connectivity index (χ4n) is 1.66. The third-order valence-corrected chi connectivity index (χ3v) is 2.97. The van der Waals surface area contributed by atoms with Crippen LogP contribution in [0.4, 0.5) is 0 Å². The molecule has 1 aromatic rings. The third-order valence-electron chi connectivity index (χ3n) is 2.63. The van der Waals surface area contributed by atoms with E-state index in [2.05, 4.69) is 10.3 Å². The highest BCUT2D eigenvalue weighted by atomic mass is 35.5. The van der Waals surface area contributed by atoms with Crippen molar-refractivity contribution in [2.45, 2.75) is 25.3 Å². The topological polar surface area (TPSA) is 34.1 Å². The van der Waals surface area contributed by atoms with Crippen molar-refractivity contribution in [1.82, 2.24) is 10.3 Å². The van der Waals surface area contributed by atoms with E-state index in [9.17, 15) is 0 Å². The fraction of sp³-hybridized carbons (Fsp3) is 0.583. The summed E-state index contributed by atoms with van der Waals surface area (Å²) in [6.45, 7) is 0.808. The van der Waals surface area contributed by atoms with Gasteiger partial charge in [-0.25, -0.2) is 0 Å². The molecule has 0 amide bonds. The summed E-state index contributed by atoms with van der Waals surface area (Å²) >= 11 is 6.07. The van der Waals surface area contributed by atoms with Gasteiger partial charge >= 0.3 is 0 Å². The van der Waals surface area contributed by atoms with Gasteiger partial charge in [-0.2, -0.15) is 0 Å². The molecule has 0 radical (unpaired) electrons. The van der Waals surface area contributed by atoms with E-state index in [-0.39, 0.29) is 0 Å². The maximum atomic E-state index is 6.07. The molecule has 0 bridgehead atoms. The molecule has 16 heavy (non-hydrogen) atoms. The van der Waals surface area contributed by atoms with Crippen molar-refractivity contribution in [1.29, 1.82) is 0 Å². The molecule has 1 atom stereocenters. The molecule has 3 nitrogen and oxygen atoms in total. The van der Waals surface area contributed by atoms with Crippen molar-refractivity contribution in [3.05, 3.63) is 29.0 Å². The Bertz CT molecular complexity index is 307. The summed E-state index contributed by atoms with van der Waals surface area (Å²) < 4.78 is 5.05. The number of likely N-dealkylation sites (N-methyl/N-ethyl adjacent to an activating group) is 1. The standard InChI is InChI=1S/C12H19ClN2O/c1-14-11(4-3-7-16-2)8-10-5-6-15-9-12(10)13/h5-6,9,11,14H,3-4,7-8H2,1-2H3. The van der Waals surface area contributed by atoms with Gasteiger partial charge in [-0.15, -0.1) is 0 Å². The molecule has 1 N–H and O–H groups in total. The first-order valence-electron chi connectivity index (χ1n) is 5.52. The Morgan fingerprint density at radius 1 is 1.56 bits per heavy atom. The highest BCUT2D eigenvalue weighted by Gasteiger charge is 2.09. The van der Waals surface area contributed by atoms with Crippen molar-refractivity contribution in [2.75, 3.05) is 20.8 Å². The number of hydrogen-bond acceptors (Lipinski definition) is 3. The molecular weight excluding hydrogens is 224 g/mol. The van der Waals surface area contributed by atoms with Gasteiger partial charge in [-0.3, -0.25) is 4.98 Å². The van der Waals surface area contributed by atoms with Crippen LogP contribution in [-0.2, 0) is 11.2 Å². The Balaban J connectivity index is 2.46. The van der Waals surface area contributed by atoms with E-state index < -0.39 is 0 Å². The molecule has 1 rings (SSSR count). The first kappa shape index (κ1) is 13.4. The maximum absolute atomic E-state index is 6.07. The van der Waals surface area contributed by atoms with Crippen molar-refractivity contribution >= 4 is 11.6 Å². The first-order valence-corrected chi connectivity index (χ1v) is 5.90. The van der Waals surface area contributed by atoms with Gasteiger partial charge < -0.3 is 10.1 Å².